The lowest BCUT2D eigenvalue weighted by Gasteiger charge is -2.06. The number of hydrogen-bond donors (Lipinski definition) is 1. The molecule has 1 aromatic carbocycles. The van der Waals surface area contributed by atoms with E-state index in [0.29, 0.717) is 16.4 Å². The maximum atomic E-state index is 11.4. The number of ether oxygens (including phenoxy) is 1. The first-order valence-corrected chi connectivity index (χ1v) is 5.93. The molecule has 0 spiro atoms. The van der Waals surface area contributed by atoms with Gasteiger partial charge in [0.2, 0.25) is 0 Å². The summed E-state index contributed by atoms with van der Waals surface area (Å²) >= 11 is 1.35. The maximum Gasteiger partial charge on any atom is 0.337 e. The molecule has 0 radical (unpaired) electrons. The molecule has 0 unspecified atom stereocenters. The van der Waals surface area contributed by atoms with Crippen molar-refractivity contribution in [3.8, 4) is 0 Å². The van der Waals surface area contributed by atoms with Crippen LogP contribution < -0.4 is 5.73 Å². The molecule has 7 heteroatoms. The SMILES string of the molecule is COC(=O)c1ccc(N)c(Sc2ncnn2C)c1. The van der Waals surface area contributed by atoms with E-state index in [1.54, 1.807) is 29.9 Å². The van der Waals surface area contributed by atoms with Crippen LogP contribution in [0, 0.1) is 0 Å². The second-order valence-electron chi connectivity index (χ2n) is 3.51. The average molecular weight is 264 g/mol. The van der Waals surface area contributed by atoms with Crippen molar-refractivity contribution in [3.63, 3.8) is 0 Å². The van der Waals surface area contributed by atoms with Crippen molar-refractivity contribution >= 4 is 23.4 Å². The largest absolute Gasteiger partial charge is 0.465 e. The fraction of sp³-hybridized carbons (Fsp3) is 0.182. The van der Waals surface area contributed by atoms with Crippen molar-refractivity contribution in [3.05, 3.63) is 30.1 Å². The van der Waals surface area contributed by atoms with Crippen molar-refractivity contribution in [2.45, 2.75) is 10.1 Å². The first kappa shape index (κ1) is 12.4. The molecule has 2 rings (SSSR count). The van der Waals surface area contributed by atoms with Crippen molar-refractivity contribution < 1.29 is 9.53 Å². The summed E-state index contributed by atoms with van der Waals surface area (Å²) in [5.41, 5.74) is 6.90. The molecule has 0 atom stereocenters. The van der Waals surface area contributed by atoms with Gasteiger partial charge in [-0.05, 0) is 30.0 Å². The van der Waals surface area contributed by atoms with Crippen molar-refractivity contribution in [2.24, 2.45) is 7.05 Å². The van der Waals surface area contributed by atoms with Gasteiger partial charge in [0, 0.05) is 17.6 Å². The smallest absolute Gasteiger partial charge is 0.337 e. The predicted octanol–water partition coefficient (Wildman–Crippen LogP) is 1.34. The molecule has 0 aliphatic carbocycles. The van der Waals surface area contributed by atoms with E-state index in [0.717, 1.165) is 4.90 Å². The third-order valence-corrected chi connectivity index (χ3v) is 3.43. The zero-order chi connectivity index (χ0) is 13.1. The normalized spacial score (nSPS) is 10.3. The molecule has 0 amide bonds. The molecule has 2 aromatic rings. The Morgan fingerprint density at radius 2 is 2.28 bits per heavy atom. The molecule has 0 aliphatic heterocycles. The van der Waals surface area contributed by atoms with Crippen LogP contribution in [0.3, 0.4) is 0 Å². The Morgan fingerprint density at radius 1 is 1.50 bits per heavy atom. The van der Waals surface area contributed by atoms with Gasteiger partial charge in [0.05, 0.1) is 12.7 Å². The molecule has 1 aromatic heterocycles. The average Bonchev–Trinajstić information content (AvgIpc) is 2.77. The lowest BCUT2D eigenvalue weighted by atomic mass is 10.2. The molecule has 0 bridgehead atoms. The first-order valence-electron chi connectivity index (χ1n) is 5.11. The van der Waals surface area contributed by atoms with E-state index in [4.69, 9.17) is 5.73 Å². The van der Waals surface area contributed by atoms with Crippen LogP contribution in [0.4, 0.5) is 5.69 Å². The highest BCUT2D eigenvalue weighted by atomic mass is 32.2. The highest BCUT2D eigenvalue weighted by Crippen LogP contribution is 2.31. The summed E-state index contributed by atoms with van der Waals surface area (Å²) in [6.45, 7) is 0. The summed E-state index contributed by atoms with van der Waals surface area (Å²) in [5, 5.41) is 4.67. The molecule has 6 nitrogen and oxygen atoms in total. The Hall–Kier alpha value is -2.02. The number of nitrogens with zero attached hydrogens (tertiary/aromatic N) is 3. The third-order valence-electron chi connectivity index (χ3n) is 2.31. The van der Waals surface area contributed by atoms with Gasteiger partial charge in [-0.25, -0.2) is 14.5 Å². The molecule has 18 heavy (non-hydrogen) atoms. The van der Waals surface area contributed by atoms with Crippen LogP contribution in [0.25, 0.3) is 0 Å². The molecule has 0 aliphatic rings. The zero-order valence-corrected chi connectivity index (χ0v) is 10.8. The third kappa shape index (κ3) is 2.45. The molecule has 2 N–H and O–H groups in total. The number of methoxy groups -OCH3 is 1. The monoisotopic (exact) mass is 264 g/mol. The maximum absolute atomic E-state index is 11.4. The topological polar surface area (TPSA) is 83.0 Å². The Morgan fingerprint density at radius 3 is 2.89 bits per heavy atom. The number of benzene rings is 1. The number of esters is 1. The fourth-order valence-electron chi connectivity index (χ4n) is 1.34. The summed E-state index contributed by atoms with van der Waals surface area (Å²) in [5.74, 6) is -0.394. The lowest BCUT2D eigenvalue weighted by Crippen LogP contribution is -2.02. The summed E-state index contributed by atoms with van der Waals surface area (Å²) in [7, 11) is 3.13. The molecule has 1 heterocycles. The number of aryl methyl sites for hydroxylation is 1. The fourth-order valence-corrected chi connectivity index (χ4v) is 2.19. The number of carbonyl (C=O) groups is 1. The van der Waals surface area contributed by atoms with E-state index in [9.17, 15) is 4.79 Å². The number of hydrogen-bond acceptors (Lipinski definition) is 6. The van der Waals surface area contributed by atoms with Gasteiger partial charge in [-0.1, -0.05) is 0 Å². The molecule has 94 valence electrons. The van der Waals surface area contributed by atoms with Crippen LogP contribution in [0.5, 0.6) is 0 Å². The standard InChI is InChI=1S/C11H12N4O2S/c1-15-11(13-6-14-15)18-9-5-7(10(16)17-2)3-4-8(9)12/h3-6H,12H2,1-2H3. The van der Waals surface area contributed by atoms with Crippen molar-refractivity contribution in [1.29, 1.82) is 0 Å². The van der Waals surface area contributed by atoms with Gasteiger partial charge in [0.1, 0.15) is 6.33 Å². The Labute approximate surface area is 108 Å². The van der Waals surface area contributed by atoms with E-state index in [-0.39, 0.29) is 0 Å². The second kappa shape index (κ2) is 5.09. The van der Waals surface area contributed by atoms with Crippen LogP contribution in [0.15, 0.2) is 34.6 Å². The van der Waals surface area contributed by atoms with Crippen LogP contribution in [0.2, 0.25) is 0 Å². The van der Waals surface area contributed by atoms with Gasteiger partial charge in [-0.3, -0.25) is 0 Å². The quantitative estimate of drug-likeness (QED) is 0.665. The summed E-state index contributed by atoms with van der Waals surface area (Å²) in [6.07, 6.45) is 1.46. The Bertz CT molecular complexity index is 582. The molecule has 0 fully saturated rings. The van der Waals surface area contributed by atoms with Crippen molar-refractivity contribution in [1.82, 2.24) is 14.8 Å². The van der Waals surface area contributed by atoms with Crippen LogP contribution in [-0.4, -0.2) is 27.8 Å². The molecule has 0 saturated heterocycles. The minimum atomic E-state index is -0.394. The van der Waals surface area contributed by atoms with Gasteiger partial charge in [0.15, 0.2) is 5.16 Å². The van der Waals surface area contributed by atoms with Gasteiger partial charge < -0.3 is 10.5 Å². The number of aromatic nitrogens is 3. The van der Waals surface area contributed by atoms with Crippen LogP contribution in [0.1, 0.15) is 10.4 Å². The van der Waals surface area contributed by atoms with Gasteiger partial charge in [0.25, 0.3) is 0 Å². The van der Waals surface area contributed by atoms with Gasteiger partial charge >= 0.3 is 5.97 Å². The zero-order valence-electron chi connectivity index (χ0n) is 9.95. The summed E-state index contributed by atoms with van der Waals surface area (Å²) in [6, 6.07) is 4.98. The van der Waals surface area contributed by atoms with Crippen molar-refractivity contribution in [2.75, 3.05) is 12.8 Å². The van der Waals surface area contributed by atoms with Crippen LogP contribution in [-0.2, 0) is 11.8 Å². The predicted molar refractivity (Wildman–Crippen MR) is 67.3 cm³/mol. The van der Waals surface area contributed by atoms with Gasteiger partial charge in [-0.2, -0.15) is 5.10 Å². The number of nitrogens with two attached hydrogens (primary N) is 1. The molecule has 0 saturated carbocycles. The number of anilines is 1. The Kier molecular flexibility index (Phi) is 3.52. The number of rotatable bonds is 3. The Balaban J connectivity index is 2.32. The van der Waals surface area contributed by atoms with E-state index in [1.165, 1.54) is 25.2 Å². The van der Waals surface area contributed by atoms with E-state index >= 15 is 0 Å². The van der Waals surface area contributed by atoms with Crippen LogP contribution >= 0.6 is 11.8 Å². The lowest BCUT2D eigenvalue weighted by molar-refractivity contribution is 0.0600. The highest BCUT2D eigenvalue weighted by molar-refractivity contribution is 7.99. The van der Waals surface area contributed by atoms with E-state index in [2.05, 4.69) is 14.8 Å². The summed E-state index contributed by atoms with van der Waals surface area (Å²) < 4.78 is 6.30. The molecular formula is C11H12N4O2S. The molecular weight excluding hydrogens is 252 g/mol. The number of nitrogen functional groups attached to an aromatic ring is 1. The highest BCUT2D eigenvalue weighted by Gasteiger charge is 2.11. The first-order chi connectivity index (χ1) is 8.61. The second-order valence-corrected chi connectivity index (χ2v) is 4.52. The van der Waals surface area contributed by atoms with E-state index < -0.39 is 5.97 Å². The van der Waals surface area contributed by atoms with Gasteiger partial charge in [-0.15, -0.1) is 0 Å². The minimum absolute atomic E-state index is 0.394. The summed E-state index contributed by atoms with van der Waals surface area (Å²) in [4.78, 5) is 16.3. The van der Waals surface area contributed by atoms with E-state index in [1.807, 2.05) is 0 Å². The minimum Gasteiger partial charge on any atom is -0.465 e. The number of carbonyl (C=O) groups excluding carboxylic acids is 1.